The van der Waals surface area contributed by atoms with Gasteiger partial charge in [0.15, 0.2) is 5.82 Å². The number of aromatic nitrogens is 1. The summed E-state index contributed by atoms with van der Waals surface area (Å²) < 4.78 is 30.5. The first kappa shape index (κ1) is 24.2. The number of aliphatic imine (C=N–C) groups is 1. The van der Waals surface area contributed by atoms with Crippen LogP contribution >= 0.6 is 0 Å². The van der Waals surface area contributed by atoms with Gasteiger partial charge in [-0.2, -0.15) is 0 Å². The molecule has 0 bridgehead atoms. The van der Waals surface area contributed by atoms with Crippen molar-refractivity contribution in [1.29, 1.82) is 0 Å². The predicted octanol–water partition coefficient (Wildman–Crippen LogP) is 6.06. The van der Waals surface area contributed by atoms with Crippen LogP contribution in [0.3, 0.4) is 0 Å². The molecular weight excluding hydrogens is 446 g/mol. The molecule has 0 radical (unpaired) electrons. The van der Waals surface area contributed by atoms with Crippen molar-refractivity contribution in [3.05, 3.63) is 65.4 Å². The van der Waals surface area contributed by atoms with Crippen molar-refractivity contribution in [3.63, 3.8) is 0 Å². The molecule has 0 spiro atoms. The highest BCUT2D eigenvalue weighted by Crippen LogP contribution is 2.39. The molecular formula is C28H28F2N4O. The molecule has 1 unspecified atom stereocenters. The van der Waals surface area contributed by atoms with Gasteiger partial charge in [-0.25, -0.2) is 13.8 Å². The lowest BCUT2D eigenvalue weighted by Crippen LogP contribution is -2.38. The number of benzene rings is 2. The quantitative estimate of drug-likeness (QED) is 0.332. The largest absolute Gasteiger partial charge is 0.508 e. The van der Waals surface area contributed by atoms with E-state index in [-0.39, 0.29) is 34.4 Å². The van der Waals surface area contributed by atoms with Gasteiger partial charge in [0, 0.05) is 30.2 Å². The van der Waals surface area contributed by atoms with Crippen molar-refractivity contribution < 1.29 is 13.9 Å². The first-order valence-electron chi connectivity index (χ1n) is 11.8. The number of phenolic OH excluding ortho intramolecular Hbond substituents is 1. The Labute approximate surface area is 204 Å². The minimum Gasteiger partial charge on any atom is -0.508 e. The summed E-state index contributed by atoms with van der Waals surface area (Å²) in [6.07, 6.45) is 12.9. The van der Waals surface area contributed by atoms with Gasteiger partial charge in [-0.15, -0.1) is 6.42 Å². The fourth-order valence-electron chi connectivity index (χ4n) is 4.50. The van der Waals surface area contributed by atoms with Crippen LogP contribution in [0.2, 0.25) is 0 Å². The number of rotatable bonds is 1. The van der Waals surface area contributed by atoms with Gasteiger partial charge in [0.1, 0.15) is 29.3 Å². The third kappa shape index (κ3) is 4.44. The average molecular weight is 475 g/mol. The topological polar surface area (TPSA) is 60.8 Å². The number of hydrogen-bond donors (Lipinski definition) is 2. The van der Waals surface area contributed by atoms with Gasteiger partial charge in [0.25, 0.3) is 0 Å². The summed E-state index contributed by atoms with van der Waals surface area (Å²) in [5, 5.41) is 14.2. The fraction of sp³-hybridized carbons (Fsp3) is 0.286. The Hall–Kier alpha value is -3.92. The molecule has 0 amide bonds. The van der Waals surface area contributed by atoms with E-state index in [1.165, 1.54) is 24.3 Å². The molecule has 3 aromatic rings. The minimum absolute atomic E-state index is 0.00191. The van der Waals surface area contributed by atoms with Crippen molar-refractivity contribution >= 4 is 22.3 Å². The SMILES string of the molecule is C#Cc1c(F)ccc2cc(O)cc(-c3ncc4c(c3F)NC(C)N=C4N3CCC=CCC3)c12.CC. The van der Waals surface area contributed by atoms with Gasteiger partial charge < -0.3 is 15.3 Å². The zero-order valence-corrected chi connectivity index (χ0v) is 20.1. The summed E-state index contributed by atoms with van der Waals surface area (Å²) in [4.78, 5) is 11.3. The zero-order valence-electron chi connectivity index (χ0n) is 20.1. The van der Waals surface area contributed by atoms with Crippen molar-refractivity contribution in [2.45, 2.75) is 39.8 Å². The molecule has 2 aromatic carbocycles. The number of pyridine rings is 1. The van der Waals surface area contributed by atoms with Crippen LogP contribution in [0.25, 0.3) is 22.0 Å². The number of amidine groups is 1. The van der Waals surface area contributed by atoms with E-state index in [1.54, 1.807) is 6.20 Å². The van der Waals surface area contributed by atoms with Crippen LogP contribution in [-0.4, -0.2) is 40.1 Å². The molecule has 0 fully saturated rings. The van der Waals surface area contributed by atoms with Gasteiger partial charge in [-0.1, -0.05) is 38.0 Å². The second-order valence-corrected chi connectivity index (χ2v) is 8.18. The Bertz CT molecular complexity index is 1360. The Balaban J connectivity index is 0.00000141. The number of halogens is 2. The maximum absolute atomic E-state index is 16.0. The number of phenols is 1. The highest BCUT2D eigenvalue weighted by Gasteiger charge is 2.28. The molecule has 0 aliphatic carbocycles. The summed E-state index contributed by atoms with van der Waals surface area (Å²) in [5.74, 6) is 1.78. The number of fused-ring (bicyclic) bond motifs is 2. The van der Waals surface area contributed by atoms with Crippen molar-refractivity contribution in [2.24, 2.45) is 4.99 Å². The molecule has 2 aliphatic rings. The molecule has 2 N–H and O–H groups in total. The maximum Gasteiger partial charge on any atom is 0.173 e. The van der Waals surface area contributed by atoms with Crippen LogP contribution < -0.4 is 5.32 Å². The van der Waals surface area contributed by atoms with E-state index >= 15 is 4.39 Å². The monoisotopic (exact) mass is 474 g/mol. The van der Waals surface area contributed by atoms with E-state index in [0.29, 0.717) is 22.2 Å². The Morgan fingerprint density at radius 2 is 1.83 bits per heavy atom. The summed E-state index contributed by atoms with van der Waals surface area (Å²) >= 11 is 0. The lowest BCUT2D eigenvalue weighted by molar-refractivity contribution is 0.437. The predicted molar refractivity (Wildman–Crippen MR) is 138 cm³/mol. The summed E-state index contributed by atoms with van der Waals surface area (Å²) in [6.45, 7) is 7.42. The molecule has 0 saturated carbocycles. The van der Waals surface area contributed by atoms with Crippen LogP contribution in [0.1, 0.15) is 44.7 Å². The molecule has 180 valence electrons. The van der Waals surface area contributed by atoms with E-state index in [4.69, 9.17) is 11.4 Å². The standard InChI is InChI=1S/C26H22F2N4O.C2H6/c1-3-18-21(27)9-8-16-12-17(33)13-19(22(16)18)24-23(28)25-20(14-29-24)26(31-15(2)30-25)32-10-6-4-5-7-11-32;1-2/h1,4-5,8-9,12-15,30,33H,6-7,10-11H2,2H3;1-2H3. The Morgan fingerprint density at radius 1 is 1.11 bits per heavy atom. The molecule has 1 atom stereocenters. The molecule has 35 heavy (non-hydrogen) atoms. The van der Waals surface area contributed by atoms with Crippen molar-refractivity contribution in [2.75, 3.05) is 18.4 Å². The maximum atomic E-state index is 16.0. The zero-order chi connectivity index (χ0) is 25.1. The van der Waals surface area contributed by atoms with Crippen LogP contribution in [0.15, 0.2) is 47.6 Å². The fourth-order valence-corrected chi connectivity index (χ4v) is 4.50. The minimum atomic E-state index is -0.598. The third-order valence-electron chi connectivity index (χ3n) is 5.98. The van der Waals surface area contributed by atoms with E-state index in [1.807, 2.05) is 20.8 Å². The van der Waals surface area contributed by atoms with E-state index < -0.39 is 11.6 Å². The highest BCUT2D eigenvalue weighted by atomic mass is 19.1. The third-order valence-corrected chi connectivity index (χ3v) is 5.98. The molecule has 5 nitrogen and oxygen atoms in total. The van der Waals surface area contributed by atoms with Crippen LogP contribution in [0.4, 0.5) is 14.5 Å². The number of terminal acetylenes is 1. The van der Waals surface area contributed by atoms with E-state index in [2.05, 4.69) is 33.3 Å². The summed E-state index contributed by atoms with van der Waals surface area (Å²) in [7, 11) is 0. The lowest BCUT2D eigenvalue weighted by Gasteiger charge is -2.31. The molecule has 0 saturated heterocycles. The van der Waals surface area contributed by atoms with Crippen LogP contribution in [0, 0.1) is 24.0 Å². The highest BCUT2D eigenvalue weighted by molar-refractivity contribution is 6.06. The molecule has 3 heterocycles. The number of aromatic hydroxyl groups is 1. The number of nitrogens with zero attached hydrogens (tertiary/aromatic N) is 3. The Morgan fingerprint density at radius 3 is 2.51 bits per heavy atom. The van der Waals surface area contributed by atoms with Gasteiger partial charge in [-0.3, -0.25) is 4.98 Å². The first-order valence-corrected chi connectivity index (χ1v) is 11.8. The van der Waals surface area contributed by atoms with Crippen molar-refractivity contribution in [3.8, 4) is 29.4 Å². The average Bonchev–Trinajstić information content (AvgIpc) is 3.15. The van der Waals surface area contributed by atoms with Crippen LogP contribution in [0.5, 0.6) is 5.75 Å². The molecule has 2 aliphatic heterocycles. The molecule has 1 aromatic heterocycles. The summed E-state index contributed by atoms with van der Waals surface area (Å²) in [6, 6.07) is 5.57. The Kier molecular flexibility index (Phi) is 7.02. The summed E-state index contributed by atoms with van der Waals surface area (Å²) in [5.41, 5.74) is 1.07. The van der Waals surface area contributed by atoms with E-state index in [0.717, 1.165) is 25.9 Å². The smallest absolute Gasteiger partial charge is 0.173 e. The number of anilines is 1. The van der Waals surface area contributed by atoms with Crippen LogP contribution in [-0.2, 0) is 0 Å². The number of nitrogens with one attached hydrogen (secondary N) is 1. The van der Waals surface area contributed by atoms with Gasteiger partial charge >= 0.3 is 0 Å². The second-order valence-electron chi connectivity index (χ2n) is 8.18. The molecule has 7 heteroatoms. The van der Waals surface area contributed by atoms with Crippen molar-refractivity contribution in [1.82, 2.24) is 9.88 Å². The lowest BCUT2D eigenvalue weighted by atomic mass is 9.95. The number of hydrogen-bond acceptors (Lipinski definition) is 5. The van der Waals surface area contributed by atoms with Gasteiger partial charge in [-0.05, 0) is 43.4 Å². The first-order chi connectivity index (χ1) is 17.0. The normalized spacial score (nSPS) is 16.9. The second kappa shape index (κ2) is 10.1. The molecule has 5 rings (SSSR count). The van der Waals surface area contributed by atoms with Gasteiger partial charge in [0.2, 0.25) is 0 Å². The van der Waals surface area contributed by atoms with Gasteiger partial charge in [0.05, 0.1) is 16.8 Å². The van der Waals surface area contributed by atoms with E-state index in [9.17, 15) is 9.50 Å².